The fourth-order valence-corrected chi connectivity index (χ4v) is 3.13. The molecule has 0 amide bonds. The van der Waals surface area contributed by atoms with Gasteiger partial charge in [0.1, 0.15) is 24.1 Å². The highest BCUT2D eigenvalue weighted by Gasteiger charge is 2.44. The summed E-state index contributed by atoms with van der Waals surface area (Å²) < 4.78 is 7.36. The molecule has 1 saturated heterocycles. The van der Waals surface area contributed by atoms with Gasteiger partial charge >= 0.3 is 0 Å². The first-order valence-corrected chi connectivity index (χ1v) is 7.81. The van der Waals surface area contributed by atoms with E-state index in [4.69, 9.17) is 10.5 Å². The molecule has 4 N–H and O–H groups in total. The number of anilines is 1. The van der Waals surface area contributed by atoms with Crippen molar-refractivity contribution in [1.82, 2.24) is 19.5 Å². The van der Waals surface area contributed by atoms with E-state index >= 15 is 0 Å². The van der Waals surface area contributed by atoms with Gasteiger partial charge in [-0.15, -0.1) is 0 Å². The lowest BCUT2D eigenvalue weighted by Gasteiger charge is -2.16. The van der Waals surface area contributed by atoms with Crippen molar-refractivity contribution in [3.63, 3.8) is 0 Å². The quantitative estimate of drug-likeness (QED) is 0.709. The second-order valence-electron chi connectivity index (χ2n) is 4.79. The number of thioether (sulfide) groups is 1. The van der Waals surface area contributed by atoms with Crippen LogP contribution in [0.5, 0.6) is 0 Å². The lowest BCUT2D eigenvalue weighted by molar-refractivity contribution is -0.0288. The summed E-state index contributed by atoms with van der Waals surface area (Å²) in [5.41, 5.74) is 6.67. The molecule has 0 spiro atoms. The summed E-state index contributed by atoms with van der Waals surface area (Å²) in [6.45, 7) is 2.03. The smallest absolute Gasteiger partial charge is 0.167 e. The van der Waals surface area contributed by atoms with E-state index in [9.17, 15) is 10.2 Å². The van der Waals surface area contributed by atoms with Crippen LogP contribution in [0.4, 0.5) is 5.82 Å². The van der Waals surface area contributed by atoms with Gasteiger partial charge < -0.3 is 20.7 Å². The molecular formula is C12H17N5O3S. The highest BCUT2D eigenvalue weighted by molar-refractivity contribution is 7.99. The highest BCUT2D eigenvalue weighted by Crippen LogP contribution is 2.33. The van der Waals surface area contributed by atoms with Crippen LogP contribution in [0.25, 0.3) is 11.2 Å². The average Bonchev–Trinajstić information content (AvgIpc) is 3.02. The van der Waals surface area contributed by atoms with Gasteiger partial charge in [-0.3, -0.25) is 4.57 Å². The van der Waals surface area contributed by atoms with Crippen LogP contribution in [0.3, 0.4) is 0 Å². The van der Waals surface area contributed by atoms with E-state index in [1.807, 2.05) is 6.92 Å². The van der Waals surface area contributed by atoms with E-state index in [1.165, 1.54) is 12.7 Å². The van der Waals surface area contributed by atoms with E-state index in [0.717, 1.165) is 5.75 Å². The van der Waals surface area contributed by atoms with Crippen LogP contribution in [-0.2, 0) is 4.74 Å². The molecule has 114 valence electrons. The number of hydrogen-bond acceptors (Lipinski definition) is 8. The molecule has 21 heavy (non-hydrogen) atoms. The van der Waals surface area contributed by atoms with E-state index < -0.39 is 24.5 Å². The summed E-state index contributed by atoms with van der Waals surface area (Å²) in [5.74, 6) is 1.81. The first kappa shape index (κ1) is 14.5. The Labute approximate surface area is 125 Å². The number of nitrogens with zero attached hydrogens (tertiary/aromatic N) is 4. The van der Waals surface area contributed by atoms with Crippen LogP contribution in [0.2, 0.25) is 0 Å². The molecule has 8 nitrogen and oxygen atoms in total. The Hall–Kier alpha value is -1.42. The zero-order valence-corrected chi connectivity index (χ0v) is 12.3. The van der Waals surface area contributed by atoms with Crippen LogP contribution in [-0.4, -0.2) is 59.5 Å². The minimum Gasteiger partial charge on any atom is -0.387 e. The fourth-order valence-electron chi connectivity index (χ4n) is 2.39. The molecule has 9 heteroatoms. The molecule has 1 fully saturated rings. The predicted octanol–water partition coefficient (Wildman–Crippen LogP) is -0.219. The fraction of sp³-hybridized carbons (Fsp3) is 0.583. The SMILES string of the molecule is CCSC[C@H]1OC(n2cnc3c(N)ncnc32)[C@H](O)[C@@H]1O. The topological polar surface area (TPSA) is 119 Å². The number of nitrogens with two attached hydrogens (primary N) is 1. The third-order valence-corrected chi connectivity index (χ3v) is 4.46. The molecule has 1 aliphatic rings. The lowest BCUT2D eigenvalue weighted by Crippen LogP contribution is -2.32. The van der Waals surface area contributed by atoms with Crippen molar-refractivity contribution in [1.29, 1.82) is 0 Å². The second-order valence-corrected chi connectivity index (χ2v) is 6.11. The maximum Gasteiger partial charge on any atom is 0.167 e. The van der Waals surface area contributed by atoms with E-state index in [-0.39, 0.29) is 5.82 Å². The number of imidazole rings is 1. The molecule has 0 radical (unpaired) electrons. The largest absolute Gasteiger partial charge is 0.387 e. The molecule has 0 aliphatic carbocycles. The van der Waals surface area contributed by atoms with Crippen LogP contribution >= 0.6 is 11.8 Å². The second kappa shape index (κ2) is 5.76. The minimum atomic E-state index is -1.04. The van der Waals surface area contributed by atoms with Gasteiger partial charge in [0.25, 0.3) is 0 Å². The minimum absolute atomic E-state index is 0.268. The number of aliphatic hydroxyl groups is 2. The number of nitrogen functional groups attached to an aromatic ring is 1. The summed E-state index contributed by atoms with van der Waals surface area (Å²) >= 11 is 1.65. The first-order valence-electron chi connectivity index (χ1n) is 6.65. The van der Waals surface area contributed by atoms with Gasteiger partial charge in [-0.2, -0.15) is 11.8 Å². The first-order chi connectivity index (χ1) is 10.1. The zero-order valence-electron chi connectivity index (χ0n) is 11.5. The number of ether oxygens (including phenoxy) is 1. The van der Waals surface area contributed by atoms with Crippen LogP contribution in [0.1, 0.15) is 13.2 Å². The molecule has 4 atom stereocenters. The normalized spacial score (nSPS) is 29.3. The van der Waals surface area contributed by atoms with Crippen LogP contribution < -0.4 is 5.73 Å². The van der Waals surface area contributed by atoms with Gasteiger partial charge in [0.05, 0.1) is 12.4 Å². The van der Waals surface area contributed by atoms with Gasteiger partial charge in [0, 0.05) is 5.75 Å². The Morgan fingerprint density at radius 1 is 1.33 bits per heavy atom. The van der Waals surface area contributed by atoms with Crippen molar-refractivity contribution in [3.8, 4) is 0 Å². The Balaban J connectivity index is 1.90. The van der Waals surface area contributed by atoms with E-state index in [1.54, 1.807) is 16.3 Å². The maximum atomic E-state index is 10.2. The molecule has 0 saturated carbocycles. The number of fused-ring (bicyclic) bond motifs is 1. The highest BCUT2D eigenvalue weighted by atomic mass is 32.2. The van der Waals surface area contributed by atoms with Gasteiger partial charge in [-0.05, 0) is 5.75 Å². The maximum absolute atomic E-state index is 10.2. The van der Waals surface area contributed by atoms with Crippen LogP contribution in [0.15, 0.2) is 12.7 Å². The summed E-state index contributed by atoms with van der Waals surface area (Å²) in [6.07, 6.45) is -0.316. The van der Waals surface area contributed by atoms with Crippen LogP contribution in [0, 0.1) is 0 Å². The summed E-state index contributed by atoms with van der Waals surface area (Å²) in [7, 11) is 0. The molecule has 1 aliphatic heterocycles. The Kier molecular flexibility index (Phi) is 3.98. The summed E-state index contributed by atoms with van der Waals surface area (Å²) in [5, 5.41) is 20.3. The molecule has 0 bridgehead atoms. The molecule has 3 rings (SSSR count). The molecule has 0 aromatic carbocycles. The standard InChI is InChI=1S/C12H17N5O3S/c1-2-21-3-6-8(18)9(19)12(20-6)17-5-16-7-10(13)14-4-15-11(7)17/h4-6,8-9,12,18-19H,2-3H2,1H3,(H2,13,14,15)/t6-,8-,9-,12?/m1/s1. The van der Waals surface area contributed by atoms with Gasteiger partial charge in [0.15, 0.2) is 17.7 Å². The van der Waals surface area contributed by atoms with Gasteiger partial charge in [-0.1, -0.05) is 6.92 Å². The van der Waals surface area contributed by atoms with Gasteiger partial charge in [0.2, 0.25) is 0 Å². The van der Waals surface area contributed by atoms with Crippen molar-refractivity contribution in [2.75, 3.05) is 17.2 Å². The summed E-state index contributed by atoms with van der Waals surface area (Å²) in [6, 6.07) is 0. The van der Waals surface area contributed by atoms with E-state index in [0.29, 0.717) is 16.9 Å². The van der Waals surface area contributed by atoms with Crippen molar-refractivity contribution in [3.05, 3.63) is 12.7 Å². The Morgan fingerprint density at radius 3 is 2.90 bits per heavy atom. The number of aromatic nitrogens is 4. The van der Waals surface area contributed by atoms with Crippen molar-refractivity contribution >= 4 is 28.7 Å². The van der Waals surface area contributed by atoms with E-state index in [2.05, 4.69) is 15.0 Å². The third kappa shape index (κ3) is 2.46. The Morgan fingerprint density at radius 2 is 2.14 bits per heavy atom. The number of hydrogen-bond donors (Lipinski definition) is 3. The van der Waals surface area contributed by atoms with Crippen molar-refractivity contribution in [2.45, 2.75) is 31.5 Å². The average molecular weight is 311 g/mol. The van der Waals surface area contributed by atoms with Gasteiger partial charge in [-0.25, -0.2) is 15.0 Å². The number of rotatable bonds is 4. The molecule has 2 aromatic heterocycles. The third-order valence-electron chi connectivity index (χ3n) is 3.48. The molecule has 1 unspecified atom stereocenters. The Bertz CT molecular complexity index is 636. The zero-order chi connectivity index (χ0) is 15.0. The lowest BCUT2D eigenvalue weighted by atomic mass is 10.1. The molecule has 3 heterocycles. The molecular weight excluding hydrogens is 294 g/mol. The van der Waals surface area contributed by atoms with Crippen molar-refractivity contribution < 1.29 is 14.9 Å². The predicted molar refractivity (Wildman–Crippen MR) is 78.7 cm³/mol. The molecule has 2 aromatic rings. The monoisotopic (exact) mass is 311 g/mol. The summed E-state index contributed by atoms with van der Waals surface area (Å²) in [4.78, 5) is 12.1. The number of aliphatic hydroxyl groups excluding tert-OH is 2. The van der Waals surface area contributed by atoms with Crippen molar-refractivity contribution in [2.24, 2.45) is 0 Å².